The third kappa shape index (κ3) is 5.81. The lowest BCUT2D eigenvalue weighted by molar-refractivity contribution is -0.143. The van der Waals surface area contributed by atoms with Crippen molar-refractivity contribution in [3.8, 4) is 0 Å². The minimum absolute atomic E-state index is 0.0413. The summed E-state index contributed by atoms with van der Waals surface area (Å²) in [5.74, 6) is 0.130. The molecule has 0 aromatic heterocycles. The Bertz CT molecular complexity index is 998. The van der Waals surface area contributed by atoms with Gasteiger partial charge in [0, 0.05) is 25.6 Å². The van der Waals surface area contributed by atoms with Crippen molar-refractivity contribution >= 4 is 5.91 Å². The zero-order valence-electron chi connectivity index (χ0n) is 18.9. The van der Waals surface area contributed by atoms with Gasteiger partial charge in [0.2, 0.25) is 5.91 Å². The number of amides is 1. The van der Waals surface area contributed by atoms with Gasteiger partial charge < -0.3 is 15.0 Å². The molecule has 1 N–H and O–H groups in total. The van der Waals surface area contributed by atoms with E-state index in [0.717, 1.165) is 18.5 Å². The van der Waals surface area contributed by atoms with E-state index in [0.29, 0.717) is 37.9 Å². The van der Waals surface area contributed by atoms with Crippen molar-refractivity contribution < 1.29 is 35.9 Å². The number of carbonyl (C=O) groups excluding carboxylic acids is 1. The number of hydrogen-bond donors (Lipinski definition) is 1. The number of piperidine rings is 1. The molecule has 0 bridgehead atoms. The monoisotopic (exact) mass is 500 g/mol. The van der Waals surface area contributed by atoms with E-state index in [-0.39, 0.29) is 30.2 Å². The Morgan fingerprint density at radius 2 is 1.66 bits per heavy atom. The molecule has 0 aliphatic carbocycles. The van der Waals surface area contributed by atoms with Gasteiger partial charge in [-0.2, -0.15) is 26.3 Å². The molecule has 4 nitrogen and oxygen atoms in total. The molecular formula is C25H26F6N2O2. The first-order valence-electron chi connectivity index (χ1n) is 11.4. The maximum Gasteiger partial charge on any atom is 0.416 e. The van der Waals surface area contributed by atoms with Crippen LogP contribution < -0.4 is 5.32 Å². The Kier molecular flexibility index (Phi) is 7.15. The fourth-order valence-electron chi connectivity index (χ4n) is 4.89. The van der Waals surface area contributed by atoms with Gasteiger partial charge in [-0.15, -0.1) is 0 Å². The van der Waals surface area contributed by atoms with Crippen LogP contribution in [0.5, 0.6) is 0 Å². The first-order chi connectivity index (χ1) is 16.5. The number of alkyl halides is 6. The molecule has 0 saturated carbocycles. The molecule has 4 rings (SSSR count). The number of likely N-dealkylation sites (tertiary alicyclic amines) is 1. The molecule has 10 heteroatoms. The van der Waals surface area contributed by atoms with Crippen LogP contribution in [-0.4, -0.2) is 36.5 Å². The zero-order valence-corrected chi connectivity index (χ0v) is 18.9. The fourth-order valence-corrected chi connectivity index (χ4v) is 4.89. The van der Waals surface area contributed by atoms with Crippen molar-refractivity contribution in [3.63, 3.8) is 0 Å². The molecule has 35 heavy (non-hydrogen) atoms. The van der Waals surface area contributed by atoms with E-state index < -0.39 is 35.6 Å². The summed E-state index contributed by atoms with van der Waals surface area (Å²) >= 11 is 0. The number of hydrogen-bond acceptors (Lipinski definition) is 3. The molecule has 0 radical (unpaired) electrons. The standard InChI is InChI=1S/C25H26F6N2O2/c26-24(27,28)19-11-17(12-20(13-19)25(29,30)31)15-35-16-23(18-5-2-1-3-6-18)9-8-21(14-32-23)33-10-4-7-22(33)34/h1-3,5-6,11-13,21,32H,4,7-10,14-16H2. The summed E-state index contributed by atoms with van der Waals surface area (Å²) in [6, 6.07) is 10.9. The van der Waals surface area contributed by atoms with Crippen LogP contribution in [0, 0.1) is 0 Å². The average Bonchev–Trinajstić information content (AvgIpc) is 3.24. The van der Waals surface area contributed by atoms with E-state index in [4.69, 9.17) is 4.74 Å². The molecular weight excluding hydrogens is 474 g/mol. The number of carbonyl (C=O) groups is 1. The van der Waals surface area contributed by atoms with Gasteiger partial charge in [0.05, 0.1) is 29.9 Å². The lowest BCUT2D eigenvalue weighted by Crippen LogP contribution is -2.57. The summed E-state index contributed by atoms with van der Waals surface area (Å²) in [5, 5.41) is 3.48. The molecule has 2 fully saturated rings. The predicted molar refractivity (Wildman–Crippen MR) is 116 cm³/mol. The lowest BCUT2D eigenvalue weighted by Gasteiger charge is -2.44. The van der Waals surface area contributed by atoms with Gasteiger partial charge in [-0.1, -0.05) is 30.3 Å². The number of nitrogens with one attached hydrogen (secondary N) is 1. The first-order valence-corrected chi connectivity index (χ1v) is 11.4. The van der Waals surface area contributed by atoms with E-state index in [1.165, 1.54) is 0 Å². The Hall–Kier alpha value is -2.59. The number of rotatable bonds is 6. The average molecular weight is 500 g/mol. The Morgan fingerprint density at radius 1 is 1.00 bits per heavy atom. The van der Waals surface area contributed by atoms with Crippen molar-refractivity contribution in [2.24, 2.45) is 0 Å². The number of ether oxygens (including phenoxy) is 1. The molecule has 2 aliphatic heterocycles. The highest BCUT2D eigenvalue weighted by molar-refractivity contribution is 5.78. The van der Waals surface area contributed by atoms with E-state index in [2.05, 4.69) is 5.32 Å². The topological polar surface area (TPSA) is 41.6 Å². The zero-order chi connectivity index (χ0) is 25.3. The molecule has 0 spiro atoms. The van der Waals surface area contributed by atoms with Crippen molar-refractivity contribution in [1.82, 2.24) is 10.2 Å². The maximum absolute atomic E-state index is 13.2. The van der Waals surface area contributed by atoms with E-state index >= 15 is 0 Å². The quantitative estimate of drug-likeness (QED) is 0.532. The highest BCUT2D eigenvalue weighted by Crippen LogP contribution is 2.37. The summed E-state index contributed by atoms with van der Waals surface area (Å²) < 4.78 is 84.8. The van der Waals surface area contributed by atoms with Crippen molar-refractivity contribution in [3.05, 3.63) is 70.8 Å². The summed E-state index contributed by atoms with van der Waals surface area (Å²) in [6.07, 6.45) is -7.14. The summed E-state index contributed by atoms with van der Waals surface area (Å²) in [5.41, 5.74) is -2.69. The van der Waals surface area contributed by atoms with Gasteiger partial charge in [0.15, 0.2) is 0 Å². The molecule has 2 heterocycles. The highest BCUT2D eigenvalue weighted by Gasteiger charge is 2.41. The predicted octanol–water partition coefficient (Wildman–Crippen LogP) is 5.51. The second-order valence-corrected chi connectivity index (χ2v) is 9.12. The Labute approximate surface area is 199 Å². The summed E-state index contributed by atoms with van der Waals surface area (Å²) in [7, 11) is 0. The molecule has 1 amide bonds. The van der Waals surface area contributed by atoms with Crippen LogP contribution in [-0.2, 0) is 34.0 Å². The molecule has 2 aliphatic rings. The summed E-state index contributed by atoms with van der Waals surface area (Å²) in [6.45, 7) is 0.884. The molecule has 2 unspecified atom stereocenters. The Morgan fingerprint density at radius 3 is 2.17 bits per heavy atom. The van der Waals surface area contributed by atoms with Gasteiger partial charge in [-0.3, -0.25) is 4.79 Å². The van der Waals surface area contributed by atoms with Crippen molar-refractivity contribution in [2.75, 3.05) is 19.7 Å². The summed E-state index contributed by atoms with van der Waals surface area (Å²) in [4.78, 5) is 14.0. The van der Waals surface area contributed by atoms with Crippen LogP contribution in [0.4, 0.5) is 26.3 Å². The van der Waals surface area contributed by atoms with Gasteiger partial charge in [-0.25, -0.2) is 0 Å². The molecule has 2 atom stereocenters. The molecule has 190 valence electrons. The van der Waals surface area contributed by atoms with Crippen LogP contribution in [0.15, 0.2) is 48.5 Å². The van der Waals surface area contributed by atoms with E-state index in [1.54, 1.807) is 0 Å². The van der Waals surface area contributed by atoms with Gasteiger partial charge in [0.25, 0.3) is 0 Å². The third-order valence-electron chi connectivity index (χ3n) is 6.72. The minimum Gasteiger partial charge on any atom is -0.374 e. The van der Waals surface area contributed by atoms with Gasteiger partial charge in [-0.05, 0) is 48.6 Å². The SMILES string of the molecule is O=C1CCCN1C1CCC(COCc2cc(C(F)(F)F)cc(C(F)(F)F)c2)(c2ccccc2)NC1. The second-order valence-electron chi connectivity index (χ2n) is 9.12. The van der Waals surface area contributed by atoms with Crippen LogP contribution in [0.2, 0.25) is 0 Å². The first kappa shape index (κ1) is 25.5. The molecule has 2 aromatic carbocycles. The maximum atomic E-state index is 13.2. The van der Waals surface area contributed by atoms with Crippen molar-refractivity contribution in [1.29, 1.82) is 0 Å². The second kappa shape index (κ2) is 9.81. The molecule has 2 aromatic rings. The highest BCUT2D eigenvalue weighted by atomic mass is 19.4. The normalized spacial score (nSPS) is 23.7. The Balaban J connectivity index is 1.50. The lowest BCUT2D eigenvalue weighted by atomic mass is 9.81. The number of nitrogens with zero attached hydrogens (tertiary/aromatic N) is 1. The molecule has 2 saturated heterocycles. The van der Waals surface area contributed by atoms with Crippen LogP contribution in [0.3, 0.4) is 0 Å². The largest absolute Gasteiger partial charge is 0.416 e. The van der Waals surface area contributed by atoms with Gasteiger partial charge in [0.1, 0.15) is 0 Å². The number of halogens is 6. The van der Waals surface area contributed by atoms with Crippen LogP contribution in [0.1, 0.15) is 47.9 Å². The number of benzene rings is 2. The fraction of sp³-hybridized carbons (Fsp3) is 0.480. The third-order valence-corrected chi connectivity index (χ3v) is 6.72. The van der Waals surface area contributed by atoms with Gasteiger partial charge >= 0.3 is 12.4 Å². The smallest absolute Gasteiger partial charge is 0.374 e. The van der Waals surface area contributed by atoms with E-state index in [9.17, 15) is 31.1 Å². The minimum atomic E-state index is -4.91. The van der Waals surface area contributed by atoms with Crippen LogP contribution in [0.25, 0.3) is 0 Å². The van der Waals surface area contributed by atoms with Crippen LogP contribution >= 0.6 is 0 Å². The van der Waals surface area contributed by atoms with Crippen molar-refractivity contribution in [2.45, 2.75) is 56.2 Å². The van der Waals surface area contributed by atoms with E-state index in [1.807, 2.05) is 35.2 Å².